The molecule has 1 aliphatic carbocycles. The lowest BCUT2D eigenvalue weighted by atomic mass is 9.70. The monoisotopic (exact) mass is 348 g/mol. The van der Waals surface area contributed by atoms with Gasteiger partial charge < -0.3 is 30.3 Å². The minimum Gasteiger partial charge on any atom is -0.463 e. The van der Waals surface area contributed by atoms with E-state index in [4.69, 9.17) is 9.84 Å². The molecule has 7 nitrogen and oxygen atoms in total. The molecule has 0 saturated heterocycles. The van der Waals surface area contributed by atoms with Crippen LogP contribution in [-0.2, 0) is 9.53 Å². The molecule has 0 bridgehead atoms. The van der Waals surface area contributed by atoms with E-state index in [1.165, 1.54) is 0 Å². The average Bonchev–Trinajstić information content (AvgIpc) is 2.56. The topological polar surface area (TPSA) is 127 Å². The first kappa shape index (κ1) is 21.3. The predicted molar refractivity (Wildman–Crippen MR) is 86.9 cm³/mol. The van der Waals surface area contributed by atoms with Crippen LogP contribution < -0.4 is 0 Å². The van der Waals surface area contributed by atoms with Crippen molar-refractivity contribution in [2.75, 3.05) is 13.2 Å². The van der Waals surface area contributed by atoms with E-state index in [9.17, 15) is 25.2 Å². The number of rotatable bonds is 8. The van der Waals surface area contributed by atoms with Crippen molar-refractivity contribution in [1.82, 2.24) is 0 Å². The van der Waals surface area contributed by atoms with Crippen molar-refractivity contribution in [3.8, 4) is 0 Å². The predicted octanol–water partition coefficient (Wildman–Crippen LogP) is -0.326. The summed E-state index contributed by atoms with van der Waals surface area (Å²) in [6, 6.07) is 0. The first-order valence-electron chi connectivity index (χ1n) is 8.68. The van der Waals surface area contributed by atoms with Crippen LogP contribution in [0.1, 0.15) is 40.0 Å². The normalized spacial score (nSPS) is 29.8. The molecule has 3 unspecified atom stereocenters. The minimum atomic E-state index is -1.72. The molecule has 1 aliphatic rings. The lowest BCUT2D eigenvalue weighted by molar-refractivity contribution is -0.164. The molecular formula is C17H32O7. The maximum atomic E-state index is 12.4. The summed E-state index contributed by atoms with van der Waals surface area (Å²) in [6.07, 6.45) is -3.76. The highest BCUT2D eigenvalue weighted by molar-refractivity contribution is 5.73. The fraction of sp³-hybridized carbons (Fsp3) is 0.941. The van der Waals surface area contributed by atoms with Crippen molar-refractivity contribution in [2.45, 2.75) is 64.4 Å². The number of carbonyl (C=O) groups excluding carboxylic acids is 1. The first-order valence-corrected chi connectivity index (χ1v) is 8.68. The fourth-order valence-corrected chi connectivity index (χ4v) is 3.41. The van der Waals surface area contributed by atoms with Gasteiger partial charge in [-0.25, -0.2) is 0 Å². The third-order valence-corrected chi connectivity index (χ3v) is 5.05. The van der Waals surface area contributed by atoms with Crippen molar-refractivity contribution in [3.05, 3.63) is 0 Å². The van der Waals surface area contributed by atoms with Crippen LogP contribution >= 0.6 is 0 Å². The number of hydrogen-bond acceptors (Lipinski definition) is 7. The summed E-state index contributed by atoms with van der Waals surface area (Å²) in [5.74, 6) is 0.397. The molecular weight excluding hydrogens is 316 g/mol. The fourth-order valence-electron chi connectivity index (χ4n) is 3.41. The van der Waals surface area contributed by atoms with E-state index in [1.54, 1.807) is 0 Å². The van der Waals surface area contributed by atoms with Crippen molar-refractivity contribution in [1.29, 1.82) is 0 Å². The molecule has 24 heavy (non-hydrogen) atoms. The molecule has 0 aromatic rings. The van der Waals surface area contributed by atoms with Gasteiger partial charge in [0.05, 0.1) is 12.5 Å². The Labute approximate surface area is 143 Å². The van der Waals surface area contributed by atoms with Crippen LogP contribution in [0.15, 0.2) is 0 Å². The Hall–Kier alpha value is -0.730. The van der Waals surface area contributed by atoms with Crippen molar-refractivity contribution in [3.63, 3.8) is 0 Å². The zero-order valence-electron chi connectivity index (χ0n) is 14.7. The minimum absolute atomic E-state index is 0.231. The van der Waals surface area contributed by atoms with Gasteiger partial charge in [0.2, 0.25) is 0 Å². The van der Waals surface area contributed by atoms with Gasteiger partial charge in [-0.15, -0.1) is 0 Å². The first-order chi connectivity index (χ1) is 11.2. The summed E-state index contributed by atoms with van der Waals surface area (Å²) in [7, 11) is 0. The second kappa shape index (κ2) is 9.68. The largest absolute Gasteiger partial charge is 0.463 e. The molecule has 7 heteroatoms. The van der Waals surface area contributed by atoms with E-state index in [1.807, 2.05) is 0 Å². The number of hydrogen-bond donors (Lipinski definition) is 5. The molecule has 0 radical (unpaired) electrons. The Kier molecular flexibility index (Phi) is 8.59. The number of carbonyl (C=O) groups is 1. The van der Waals surface area contributed by atoms with Gasteiger partial charge in [0, 0.05) is 0 Å². The van der Waals surface area contributed by atoms with E-state index in [0.29, 0.717) is 11.8 Å². The van der Waals surface area contributed by atoms with Crippen LogP contribution in [-0.4, -0.2) is 69.1 Å². The second-order valence-corrected chi connectivity index (χ2v) is 7.36. The zero-order chi connectivity index (χ0) is 18.4. The Balaban J connectivity index is 2.57. The van der Waals surface area contributed by atoms with Gasteiger partial charge in [-0.1, -0.05) is 27.2 Å². The van der Waals surface area contributed by atoms with E-state index in [2.05, 4.69) is 20.8 Å². The Morgan fingerprint density at radius 3 is 2.21 bits per heavy atom. The average molecular weight is 348 g/mol. The molecule has 0 spiro atoms. The number of aliphatic hydroxyl groups excluding tert-OH is 5. The molecule has 1 rings (SSSR count). The summed E-state index contributed by atoms with van der Waals surface area (Å²) in [4.78, 5) is 12.4. The number of esters is 1. The molecule has 0 aromatic heterocycles. The Morgan fingerprint density at radius 2 is 1.67 bits per heavy atom. The molecule has 142 valence electrons. The highest BCUT2D eigenvalue weighted by Gasteiger charge is 2.37. The number of ether oxygens (including phenoxy) is 1. The lowest BCUT2D eigenvalue weighted by Crippen LogP contribution is -2.47. The van der Waals surface area contributed by atoms with Crippen LogP contribution in [0.3, 0.4) is 0 Å². The summed E-state index contributed by atoms with van der Waals surface area (Å²) < 4.78 is 5.15. The summed E-state index contributed by atoms with van der Waals surface area (Å²) >= 11 is 0. The Morgan fingerprint density at radius 1 is 1.08 bits per heavy atom. The molecule has 0 heterocycles. The SMILES string of the molecule is CC1CCC(C(C)C)C(C(=O)OC[C@H](O)[C@@H](O)[C@H](O)[C@H](O)CO)C1. The van der Waals surface area contributed by atoms with Crippen LogP contribution in [0.4, 0.5) is 0 Å². The van der Waals surface area contributed by atoms with Gasteiger partial charge in [0.15, 0.2) is 0 Å². The van der Waals surface area contributed by atoms with E-state index < -0.39 is 43.6 Å². The van der Waals surface area contributed by atoms with E-state index in [0.717, 1.165) is 19.3 Å². The molecule has 5 N–H and O–H groups in total. The highest BCUT2D eigenvalue weighted by Crippen LogP contribution is 2.38. The quantitative estimate of drug-likeness (QED) is 0.380. The molecule has 0 aliphatic heterocycles. The van der Waals surface area contributed by atoms with Gasteiger partial charge in [0.25, 0.3) is 0 Å². The third kappa shape index (κ3) is 5.67. The van der Waals surface area contributed by atoms with Crippen molar-refractivity contribution in [2.24, 2.45) is 23.7 Å². The van der Waals surface area contributed by atoms with Gasteiger partial charge in [0.1, 0.15) is 31.0 Å². The van der Waals surface area contributed by atoms with Gasteiger partial charge in [-0.2, -0.15) is 0 Å². The summed E-state index contributed by atoms with van der Waals surface area (Å²) in [5.41, 5.74) is 0. The molecule has 0 aromatic carbocycles. The zero-order valence-corrected chi connectivity index (χ0v) is 14.7. The standard InChI is InChI=1S/C17H32O7/c1-9(2)11-5-4-10(3)6-12(11)17(23)24-8-14(20)16(22)15(21)13(19)7-18/h9-16,18-22H,4-8H2,1-3H3/t10?,11?,12?,13-,14+,15-,16-/m1/s1. The van der Waals surface area contributed by atoms with Gasteiger partial charge in [-0.3, -0.25) is 4.79 Å². The Bertz CT molecular complexity index is 387. The van der Waals surface area contributed by atoms with E-state index in [-0.39, 0.29) is 11.8 Å². The summed E-state index contributed by atoms with van der Waals surface area (Å²) in [6.45, 7) is 5.03. The van der Waals surface area contributed by atoms with Crippen LogP contribution in [0.2, 0.25) is 0 Å². The lowest BCUT2D eigenvalue weighted by Gasteiger charge is -2.36. The van der Waals surface area contributed by atoms with Crippen molar-refractivity contribution < 1.29 is 35.1 Å². The molecule has 1 saturated carbocycles. The molecule has 1 fully saturated rings. The maximum Gasteiger partial charge on any atom is 0.309 e. The van der Waals surface area contributed by atoms with Crippen LogP contribution in [0, 0.1) is 23.7 Å². The second-order valence-electron chi connectivity index (χ2n) is 7.36. The van der Waals surface area contributed by atoms with E-state index >= 15 is 0 Å². The smallest absolute Gasteiger partial charge is 0.309 e. The highest BCUT2D eigenvalue weighted by atomic mass is 16.5. The van der Waals surface area contributed by atoms with Crippen LogP contribution in [0.25, 0.3) is 0 Å². The summed E-state index contributed by atoms with van der Waals surface area (Å²) in [5, 5.41) is 47.1. The molecule has 7 atom stereocenters. The van der Waals surface area contributed by atoms with Crippen molar-refractivity contribution >= 4 is 5.97 Å². The third-order valence-electron chi connectivity index (χ3n) is 5.05. The maximum absolute atomic E-state index is 12.4. The molecule has 0 amide bonds. The van der Waals surface area contributed by atoms with Gasteiger partial charge >= 0.3 is 5.97 Å². The van der Waals surface area contributed by atoms with Gasteiger partial charge in [-0.05, 0) is 30.6 Å². The van der Waals surface area contributed by atoms with Crippen LogP contribution in [0.5, 0.6) is 0 Å². The number of aliphatic hydroxyl groups is 5.